The third-order valence-electron chi connectivity index (χ3n) is 2.66. The van der Waals surface area contributed by atoms with Gasteiger partial charge in [-0.05, 0) is 12.5 Å². The molecule has 1 fully saturated rings. The molecular weight excluding hydrogens is 246 g/mol. The highest BCUT2D eigenvalue weighted by Crippen LogP contribution is 2.28. The summed E-state index contributed by atoms with van der Waals surface area (Å²) in [7, 11) is 1.63. The fourth-order valence-corrected chi connectivity index (χ4v) is 1.94. The molecule has 1 saturated heterocycles. The Balaban J connectivity index is 1.84. The van der Waals surface area contributed by atoms with Crippen molar-refractivity contribution in [2.75, 3.05) is 13.1 Å². The molecule has 0 aliphatic carbocycles. The molecule has 0 saturated carbocycles. The van der Waals surface area contributed by atoms with Gasteiger partial charge in [-0.2, -0.15) is 0 Å². The summed E-state index contributed by atoms with van der Waals surface area (Å²) in [6, 6.07) is 0. The summed E-state index contributed by atoms with van der Waals surface area (Å²) < 4.78 is 32.5. The van der Waals surface area contributed by atoms with Crippen LogP contribution in [0.2, 0.25) is 0 Å². The minimum absolute atomic E-state index is 0.0564. The maximum Gasteiger partial charge on any atom is 0.312 e. The number of nitrogens with zero attached hydrogens (tertiary/aromatic N) is 3. The Bertz CT molecular complexity index is 435. The second-order valence-electron chi connectivity index (χ2n) is 4.47. The number of ether oxygens (including phenoxy) is 1. The van der Waals surface area contributed by atoms with Crippen LogP contribution in [0.15, 0.2) is 6.20 Å². The Morgan fingerprint density at radius 1 is 1.72 bits per heavy atom. The van der Waals surface area contributed by atoms with Gasteiger partial charge in [-0.15, -0.1) is 0 Å². The Morgan fingerprint density at radius 3 is 3.11 bits per heavy atom. The Hall–Kier alpha value is -1.57. The molecule has 0 bridgehead atoms. The van der Waals surface area contributed by atoms with Gasteiger partial charge < -0.3 is 10.1 Å². The van der Waals surface area contributed by atoms with Crippen LogP contribution in [0.4, 0.5) is 8.78 Å². The molecule has 8 heteroatoms. The smallest absolute Gasteiger partial charge is 0.312 e. The normalized spacial score (nSPS) is 22.7. The van der Waals surface area contributed by atoms with Crippen LogP contribution in [0.3, 0.4) is 0 Å². The molecule has 0 amide bonds. The lowest BCUT2D eigenvalue weighted by Gasteiger charge is -2.28. The van der Waals surface area contributed by atoms with Crippen LogP contribution in [0, 0.1) is 5.92 Å². The van der Waals surface area contributed by atoms with E-state index in [1.165, 1.54) is 10.9 Å². The van der Waals surface area contributed by atoms with E-state index in [0.29, 0.717) is 6.54 Å². The fourth-order valence-electron chi connectivity index (χ4n) is 1.94. The van der Waals surface area contributed by atoms with E-state index in [1.807, 2.05) is 0 Å². The van der Waals surface area contributed by atoms with Crippen molar-refractivity contribution < 1.29 is 18.3 Å². The number of halogens is 2. The molecular formula is C10H14F2N4O2. The topological polar surface area (TPSA) is 69.0 Å². The van der Waals surface area contributed by atoms with Crippen LogP contribution in [0.25, 0.3) is 0 Å². The molecule has 2 heterocycles. The fraction of sp³-hybridized carbons (Fsp3) is 0.700. The standard InChI is InChI=1S/C10H14F2N4O2/c1-16-5-8(14-15-16)18-9(17)2-7-3-10(11,12)6-13-4-7/h5,7,13H,2-4,6H2,1H3. The molecule has 0 spiro atoms. The van der Waals surface area contributed by atoms with E-state index in [1.54, 1.807) is 7.05 Å². The molecule has 0 aromatic carbocycles. The highest BCUT2D eigenvalue weighted by Gasteiger charge is 2.37. The summed E-state index contributed by atoms with van der Waals surface area (Å²) in [5.74, 6) is -3.66. The molecule has 1 aromatic rings. The van der Waals surface area contributed by atoms with Crippen LogP contribution >= 0.6 is 0 Å². The minimum atomic E-state index is -2.75. The number of alkyl halides is 2. The molecule has 100 valence electrons. The van der Waals surface area contributed by atoms with Crippen LogP contribution in [0.5, 0.6) is 5.88 Å². The Morgan fingerprint density at radius 2 is 2.50 bits per heavy atom. The number of esters is 1. The van der Waals surface area contributed by atoms with E-state index in [9.17, 15) is 13.6 Å². The zero-order valence-electron chi connectivity index (χ0n) is 9.90. The number of rotatable bonds is 3. The maximum atomic E-state index is 13.1. The largest absolute Gasteiger partial charge is 0.404 e. The van der Waals surface area contributed by atoms with Gasteiger partial charge in [-0.3, -0.25) is 9.48 Å². The average molecular weight is 260 g/mol. The van der Waals surface area contributed by atoms with Gasteiger partial charge in [-0.1, -0.05) is 10.3 Å². The van der Waals surface area contributed by atoms with Crippen molar-refractivity contribution in [3.05, 3.63) is 6.20 Å². The average Bonchev–Trinajstić information content (AvgIpc) is 2.62. The maximum absolute atomic E-state index is 13.1. The number of aromatic nitrogens is 3. The summed E-state index contributed by atoms with van der Waals surface area (Å²) in [4.78, 5) is 11.5. The summed E-state index contributed by atoms with van der Waals surface area (Å²) in [6.07, 6.45) is 1.08. The van der Waals surface area contributed by atoms with E-state index in [2.05, 4.69) is 15.6 Å². The van der Waals surface area contributed by atoms with Gasteiger partial charge >= 0.3 is 5.97 Å². The second-order valence-corrected chi connectivity index (χ2v) is 4.47. The molecule has 2 rings (SSSR count). The number of nitrogens with one attached hydrogen (secondary N) is 1. The van der Waals surface area contributed by atoms with Crippen LogP contribution in [-0.4, -0.2) is 40.0 Å². The highest BCUT2D eigenvalue weighted by atomic mass is 19.3. The molecule has 6 nitrogen and oxygen atoms in total. The summed E-state index contributed by atoms with van der Waals surface area (Å²) in [6.45, 7) is 0.0634. The van der Waals surface area contributed by atoms with Gasteiger partial charge in [0.1, 0.15) is 0 Å². The molecule has 1 unspecified atom stereocenters. The number of hydrogen-bond acceptors (Lipinski definition) is 5. The summed E-state index contributed by atoms with van der Waals surface area (Å²) in [5, 5.41) is 9.79. The first-order valence-corrected chi connectivity index (χ1v) is 5.60. The lowest BCUT2D eigenvalue weighted by atomic mass is 9.94. The lowest BCUT2D eigenvalue weighted by Crippen LogP contribution is -2.44. The van der Waals surface area contributed by atoms with E-state index in [-0.39, 0.29) is 25.3 Å². The highest BCUT2D eigenvalue weighted by molar-refractivity contribution is 5.72. The molecule has 1 aliphatic rings. The first kappa shape index (κ1) is 12.9. The van der Waals surface area contributed by atoms with Crippen molar-refractivity contribution in [1.29, 1.82) is 0 Å². The van der Waals surface area contributed by atoms with Crippen molar-refractivity contribution in [2.24, 2.45) is 13.0 Å². The third-order valence-corrected chi connectivity index (χ3v) is 2.66. The van der Waals surface area contributed by atoms with Crippen LogP contribution < -0.4 is 10.1 Å². The van der Waals surface area contributed by atoms with Crippen LogP contribution in [-0.2, 0) is 11.8 Å². The van der Waals surface area contributed by atoms with E-state index >= 15 is 0 Å². The first-order chi connectivity index (χ1) is 8.44. The monoisotopic (exact) mass is 260 g/mol. The van der Waals surface area contributed by atoms with Gasteiger partial charge in [0.2, 0.25) is 0 Å². The number of carbonyl (C=O) groups excluding carboxylic acids is 1. The number of hydrogen-bond donors (Lipinski definition) is 1. The van der Waals surface area contributed by atoms with Crippen molar-refractivity contribution in [3.8, 4) is 5.88 Å². The van der Waals surface area contributed by atoms with Gasteiger partial charge in [0.05, 0.1) is 19.2 Å². The molecule has 18 heavy (non-hydrogen) atoms. The quantitative estimate of drug-likeness (QED) is 0.794. The predicted octanol–water partition coefficient (Wildman–Crippen LogP) is 0.355. The SMILES string of the molecule is Cn1cc(OC(=O)CC2CNCC(F)(F)C2)nn1. The zero-order chi connectivity index (χ0) is 13.2. The van der Waals surface area contributed by atoms with Crippen molar-refractivity contribution in [2.45, 2.75) is 18.8 Å². The number of piperidine rings is 1. The van der Waals surface area contributed by atoms with Crippen molar-refractivity contribution >= 4 is 5.97 Å². The lowest BCUT2D eigenvalue weighted by molar-refractivity contribution is -0.137. The Labute approximate surface area is 102 Å². The van der Waals surface area contributed by atoms with E-state index in [4.69, 9.17) is 4.74 Å². The molecule has 0 radical (unpaired) electrons. The summed E-state index contributed by atoms with van der Waals surface area (Å²) >= 11 is 0. The first-order valence-electron chi connectivity index (χ1n) is 5.60. The molecule has 1 atom stereocenters. The van der Waals surface area contributed by atoms with E-state index < -0.39 is 17.8 Å². The number of carbonyl (C=O) groups is 1. The number of aryl methyl sites for hydroxylation is 1. The van der Waals surface area contributed by atoms with Gasteiger partial charge in [-0.25, -0.2) is 8.78 Å². The van der Waals surface area contributed by atoms with Gasteiger partial charge in [0, 0.05) is 13.5 Å². The minimum Gasteiger partial charge on any atom is -0.404 e. The Kier molecular flexibility index (Phi) is 3.55. The van der Waals surface area contributed by atoms with Crippen LogP contribution in [0.1, 0.15) is 12.8 Å². The molecule has 1 aromatic heterocycles. The summed E-state index contributed by atoms with van der Waals surface area (Å²) in [5.41, 5.74) is 0. The predicted molar refractivity (Wildman–Crippen MR) is 57.2 cm³/mol. The van der Waals surface area contributed by atoms with E-state index in [0.717, 1.165) is 0 Å². The zero-order valence-corrected chi connectivity index (χ0v) is 9.90. The van der Waals surface area contributed by atoms with Gasteiger partial charge in [0.25, 0.3) is 11.8 Å². The van der Waals surface area contributed by atoms with Crippen molar-refractivity contribution in [1.82, 2.24) is 20.3 Å². The van der Waals surface area contributed by atoms with Crippen molar-refractivity contribution in [3.63, 3.8) is 0 Å². The van der Waals surface area contributed by atoms with Gasteiger partial charge in [0.15, 0.2) is 0 Å². The molecule has 1 N–H and O–H groups in total. The second kappa shape index (κ2) is 4.97. The molecule has 1 aliphatic heterocycles. The third kappa shape index (κ3) is 3.46.